The fourth-order valence-corrected chi connectivity index (χ4v) is 7.09. The van der Waals surface area contributed by atoms with Crippen LogP contribution in [-0.4, -0.2) is 83.6 Å². The fraction of sp³-hybridized carbons (Fsp3) is 0.455. The van der Waals surface area contributed by atoms with Crippen molar-refractivity contribution in [2.24, 2.45) is 11.8 Å². The number of nitrogens with zero attached hydrogens (tertiary/aromatic N) is 6. The molecule has 3 aromatic carbocycles. The molecule has 2 aliphatic rings. The Balaban J connectivity index is 0.000000203. The Morgan fingerprint density at radius 3 is 1.72 bits per heavy atom. The third-order valence-corrected chi connectivity index (χ3v) is 9.93. The van der Waals surface area contributed by atoms with Gasteiger partial charge >= 0.3 is 12.2 Å². The van der Waals surface area contributed by atoms with Crippen LogP contribution >= 0.6 is 0 Å². The van der Waals surface area contributed by atoms with E-state index < -0.39 is 12.5 Å². The van der Waals surface area contributed by atoms with E-state index in [-0.39, 0.29) is 35.5 Å². The van der Waals surface area contributed by atoms with Crippen molar-refractivity contribution in [3.63, 3.8) is 0 Å². The highest BCUT2D eigenvalue weighted by Gasteiger charge is 2.29. The topological polar surface area (TPSA) is 135 Å². The van der Waals surface area contributed by atoms with Crippen molar-refractivity contribution >= 4 is 45.6 Å². The molecule has 0 unspecified atom stereocenters. The molecule has 2 amide bonds. The number of ether oxygens (including phenoxy) is 2. The Labute approximate surface area is 338 Å². The van der Waals surface area contributed by atoms with Gasteiger partial charge in [0.25, 0.3) is 6.43 Å². The molecule has 2 N–H and O–H groups in total. The van der Waals surface area contributed by atoms with Gasteiger partial charge in [-0.25, -0.2) is 38.3 Å². The van der Waals surface area contributed by atoms with Gasteiger partial charge in [-0.1, -0.05) is 64.1 Å². The predicted octanol–water partition coefficient (Wildman–Crippen LogP) is 8.71. The van der Waals surface area contributed by atoms with Crippen LogP contribution in [0.4, 0.5) is 30.0 Å². The van der Waals surface area contributed by atoms with Crippen LogP contribution in [-0.2, 0) is 9.47 Å². The van der Waals surface area contributed by atoms with Crippen molar-refractivity contribution in [3.05, 3.63) is 83.2 Å². The Kier molecular flexibility index (Phi) is 13.6. The van der Waals surface area contributed by atoms with Gasteiger partial charge in [0, 0.05) is 48.1 Å². The number of carbonyl (C=O) groups excluding carboxylic acids is 2. The molecule has 2 fully saturated rings. The Morgan fingerprint density at radius 2 is 1.21 bits per heavy atom. The van der Waals surface area contributed by atoms with E-state index in [1.807, 2.05) is 59.7 Å². The lowest BCUT2D eigenvalue weighted by atomic mass is 10.1. The van der Waals surface area contributed by atoms with Crippen LogP contribution in [0.25, 0.3) is 33.2 Å². The maximum absolute atomic E-state index is 13.7. The van der Waals surface area contributed by atoms with Crippen molar-refractivity contribution in [2.45, 2.75) is 79.8 Å². The van der Waals surface area contributed by atoms with Crippen LogP contribution in [0, 0.1) is 32.6 Å². The molecule has 4 heterocycles. The molecule has 14 heteroatoms. The number of hydrogen-bond acceptors (Lipinski definition) is 10. The van der Waals surface area contributed by atoms with Crippen molar-refractivity contribution < 1.29 is 27.8 Å². The monoisotopic (exact) mass is 796 g/mol. The zero-order valence-electron chi connectivity index (χ0n) is 34.4. The lowest BCUT2D eigenvalue weighted by molar-refractivity contribution is 0.129. The summed E-state index contributed by atoms with van der Waals surface area (Å²) < 4.78 is 37.8. The molecule has 2 atom stereocenters. The molecule has 5 aromatic rings. The van der Waals surface area contributed by atoms with E-state index in [0.29, 0.717) is 49.1 Å². The minimum Gasteiger partial charge on any atom is -0.449 e. The number of nitrogens with one attached hydrogen (secondary N) is 2. The number of alkyl halides is 2. The average Bonchev–Trinajstić information content (AvgIpc) is 3.85. The second-order valence-corrected chi connectivity index (χ2v) is 16.0. The van der Waals surface area contributed by atoms with E-state index in [0.717, 1.165) is 59.4 Å². The molecular weight excluding hydrogens is 743 g/mol. The average molecular weight is 797 g/mol. The summed E-state index contributed by atoms with van der Waals surface area (Å²) in [6.45, 7) is 17.6. The molecule has 0 aliphatic carbocycles. The largest absolute Gasteiger partial charge is 0.449 e. The highest BCUT2D eigenvalue weighted by molar-refractivity contribution is 5.92. The number of alkyl carbamates (subject to hydrolysis) is 2. The van der Waals surface area contributed by atoms with Crippen LogP contribution in [0.5, 0.6) is 0 Å². The second-order valence-electron chi connectivity index (χ2n) is 16.0. The minimum atomic E-state index is -2.63. The first kappa shape index (κ1) is 42.0. The van der Waals surface area contributed by atoms with Gasteiger partial charge in [0.1, 0.15) is 17.5 Å². The standard InChI is InChI=1S/C25H28F2N4O2.C19H26N4O2/c1-15(2)14-33-25(32)28-17-10-11-31(13-17)24-20-9-8-16(3)12-21(20)29-23(30-24)19-7-5-4-6-18(19)22(26)27;1-12(2)11-25-19(24)22-15-7-8-23(10-15)18-16-6-5-13(3)9-17(16)20-14(4)21-18/h4-9,12,15,17,22H,10-11,13-14H2,1-3H3,(H,28,32);5-6,9,12,15H,7-8,10-11H2,1-4H3,(H,22,24)/t17-;15-/m11/s1. The molecule has 12 nitrogen and oxygen atoms in total. The van der Waals surface area contributed by atoms with Crippen molar-refractivity contribution in [3.8, 4) is 11.4 Å². The first-order valence-corrected chi connectivity index (χ1v) is 20.0. The Morgan fingerprint density at radius 1 is 0.707 bits per heavy atom. The molecule has 0 spiro atoms. The molecule has 58 heavy (non-hydrogen) atoms. The smallest absolute Gasteiger partial charge is 0.407 e. The summed E-state index contributed by atoms with van der Waals surface area (Å²) in [4.78, 5) is 46.8. The van der Waals surface area contributed by atoms with Gasteiger partial charge in [-0.3, -0.25) is 0 Å². The first-order valence-electron chi connectivity index (χ1n) is 20.0. The van der Waals surface area contributed by atoms with Gasteiger partial charge in [-0.05, 0) is 80.8 Å². The summed E-state index contributed by atoms with van der Waals surface area (Å²) in [5.41, 5.74) is 4.11. The van der Waals surface area contributed by atoms with Gasteiger partial charge in [0.2, 0.25) is 0 Å². The number of rotatable bonds is 10. The SMILES string of the molecule is Cc1ccc2c(N3CC[C@@H](NC(=O)OCC(C)C)C3)nc(-c3ccccc3C(F)F)nc2c1.Cc1ccc2c(N3CC[C@@H](NC(=O)OCC(C)C)C3)nc(C)nc2c1. The van der Waals surface area contributed by atoms with E-state index in [1.165, 1.54) is 11.6 Å². The number of carbonyl (C=O) groups is 2. The predicted molar refractivity (Wildman–Crippen MR) is 224 cm³/mol. The summed E-state index contributed by atoms with van der Waals surface area (Å²) in [7, 11) is 0. The summed E-state index contributed by atoms with van der Waals surface area (Å²) >= 11 is 0. The highest BCUT2D eigenvalue weighted by Crippen LogP contribution is 2.34. The van der Waals surface area contributed by atoms with E-state index in [2.05, 4.69) is 60.5 Å². The normalized spacial score (nSPS) is 16.6. The molecule has 0 saturated carbocycles. The maximum Gasteiger partial charge on any atom is 0.407 e. The lowest BCUT2D eigenvalue weighted by Gasteiger charge is -2.21. The van der Waals surface area contributed by atoms with E-state index in [9.17, 15) is 18.4 Å². The number of amides is 2. The Bertz CT molecular complexity index is 2230. The molecule has 2 aromatic heterocycles. The van der Waals surface area contributed by atoms with Crippen LogP contribution in [0.2, 0.25) is 0 Å². The number of hydrogen-bond donors (Lipinski definition) is 2. The quantitative estimate of drug-likeness (QED) is 0.141. The summed E-state index contributed by atoms with van der Waals surface area (Å²) in [5.74, 6) is 3.26. The first-order chi connectivity index (χ1) is 27.7. The maximum atomic E-state index is 13.7. The van der Waals surface area contributed by atoms with Gasteiger partial charge < -0.3 is 29.9 Å². The van der Waals surface area contributed by atoms with Crippen LogP contribution in [0.3, 0.4) is 0 Å². The van der Waals surface area contributed by atoms with Crippen LogP contribution in [0.1, 0.15) is 69.5 Å². The minimum absolute atomic E-state index is 0.0791. The van der Waals surface area contributed by atoms with Gasteiger partial charge in [-0.2, -0.15) is 0 Å². The number of halogens is 2. The molecule has 0 bridgehead atoms. The molecular formula is C44H54F2N8O4. The molecule has 0 radical (unpaired) electrons. The third-order valence-electron chi connectivity index (χ3n) is 9.93. The van der Waals surface area contributed by atoms with E-state index >= 15 is 0 Å². The van der Waals surface area contributed by atoms with Gasteiger partial charge in [-0.15, -0.1) is 0 Å². The zero-order chi connectivity index (χ0) is 41.5. The number of benzene rings is 3. The van der Waals surface area contributed by atoms with Gasteiger partial charge in [0.05, 0.1) is 36.3 Å². The van der Waals surface area contributed by atoms with Crippen molar-refractivity contribution in [2.75, 3.05) is 49.2 Å². The second kappa shape index (κ2) is 18.7. The molecule has 2 saturated heterocycles. The van der Waals surface area contributed by atoms with E-state index in [1.54, 1.807) is 18.2 Å². The molecule has 7 rings (SSSR count). The summed E-state index contributed by atoms with van der Waals surface area (Å²) in [6, 6.07) is 18.5. The highest BCUT2D eigenvalue weighted by atomic mass is 19.3. The third kappa shape index (κ3) is 10.6. The zero-order valence-corrected chi connectivity index (χ0v) is 34.4. The molecule has 2 aliphatic heterocycles. The van der Waals surface area contributed by atoms with Gasteiger partial charge in [0.15, 0.2) is 5.82 Å². The summed E-state index contributed by atoms with van der Waals surface area (Å²) in [6.07, 6.45) is -1.77. The van der Waals surface area contributed by atoms with Crippen LogP contribution < -0.4 is 20.4 Å². The number of aryl methyl sites for hydroxylation is 3. The number of fused-ring (bicyclic) bond motifs is 2. The van der Waals surface area contributed by atoms with Crippen molar-refractivity contribution in [1.82, 2.24) is 30.6 Å². The molecule has 308 valence electrons. The summed E-state index contributed by atoms with van der Waals surface area (Å²) in [5, 5.41) is 7.78. The lowest BCUT2D eigenvalue weighted by Crippen LogP contribution is -2.38. The fourth-order valence-electron chi connectivity index (χ4n) is 7.09. The number of aromatic nitrogens is 4. The van der Waals surface area contributed by atoms with Crippen molar-refractivity contribution in [1.29, 1.82) is 0 Å². The Hall–Kier alpha value is -5.66. The van der Waals surface area contributed by atoms with E-state index in [4.69, 9.17) is 14.5 Å². The van der Waals surface area contributed by atoms with Crippen LogP contribution in [0.15, 0.2) is 60.7 Å². The number of anilines is 2.